The molecule has 0 saturated heterocycles. The second-order valence-electron chi connectivity index (χ2n) is 4.78. The fraction of sp³-hybridized carbons (Fsp3) is 0.500. The number of carbonyl (C=O) groups excluding carboxylic acids is 4. The molecule has 158 valence electrons. The summed E-state index contributed by atoms with van der Waals surface area (Å²) in [4.78, 5) is 56.9. The average Bonchev–Trinajstić information content (AvgIpc) is 2.69. The molecule has 0 aromatic heterocycles. The molecular formula is C16H24N2O10. The molecule has 0 radical (unpaired) electrons. The Morgan fingerprint density at radius 3 is 1.18 bits per heavy atom. The molecule has 12 heteroatoms. The van der Waals surface area contributed by atoms with E-state index in [1.807, 2.05) is 0 Å². The zero-order chi connectivity index (χ0) is 21.7. The van der Waals surface area contributed by atoms with Crippen LogP contribution in [0.4, 0.5) is 0 Å². The predicted octanol–water partition coefficient (Wildman–Crippen LogP) is -0.472. The van der Waals surface area contributed by atoms with Crippen molar-refractivity contribution >= 4 is 23.9 Å². The van der Waals surface area contributed by atoms with Crippen molar-refractivity contribution in [1.82, 2.24) is 0 Å². The third-order valence-electron chi connectivity index (χ3n) is 3.19. The zero-order valence-electron chi connectivity index (χ0n) is 16.1. The molecule has 0 aliphatic carbocycles. The van der Waals surface area contributed by atoms with Gasteiger partial charge in [0.2, 0.25) is 11.5 Å². The van der Waals surface area contributed by atoms with Crippen molar-refractivity contribution in [3.63, 3.8) is 0 Å². The minimum Gasteiger partial charge on any atom is -0.466 e. The molecule has 0 heterocycles. The molecule has 0 amide bonds. The van der Waals surface area contributed by atoms with E-state index in [2.05, 4.69) is 19.1 Å². The molecule has 0 aliphatic rings. The maximum absolute atomic E-state index is 12.0. The van der Waals surface area contributed by atoms with Gasteiger partial charge >= 0.3 is 23.9 Å². The third kappa shape index (κ3) is 6.89. The van der Waals surface area contributed by atoms with Gasteiger partial charge in [-0.3, -0.25) is 0 Å². The molecule has 0 bridgehead atoms. The van der Waals surface area contributed by atoms with Crippen LogP contribution in [0.25, 0.3) is 0 Å². The number of ether oxygens (including phenoxy) is 4. The lowest BCUT2D eigenvalue weighted by Gasteiger charge is -2.13. The lowest BCUT2D eigenvalue weighted by molar-refractivity contribution is -0.145. The van der Waals surface area contributed by atoms with Gasteiger partial charge in [-0.2, -0.15) is 11.8 Å². The van der Waals surface area contributed by atoms with Crippen LogP contribution in [-0.2, 0) is 47.8 Å². The summed E-state index contributed by atoms with van der Waals surface area (Å²) in [6.07, 6.45) is -0.677. The molecule has 0 rings (SSSR count). The van der Waals surface area contributed by atoms with Crippen molar-refractivity contribution in [2.45, 2.75) is 26.7 Å². The molecule has 0 aromatic rings. The fourth-order valence-corrected chi connectivity index (χ4v) is 1.99. The van der Waals surface area contributed by atoms with Crippen LogP contribution in [0.2, 0.25) is 0 Å². The van der Waals surface area contributed by atoms with E-state index >= 15 is 0 Å². The van der Waals surface area contributed by atoms with Crippen molar-refractivity contribution < 1.29 is 47.8 Å². The van der Waals surface area contributed by atoms with Crippen LogP contribution in [0.3, 0.4) is 0 Å². The van der Waals surface area contributed by atoms with Gasteiger partial charge in [-0.05, 0) is 26.7 Å². The Balaban J connectivity index is 6.09. The topological polar surface area (TPSA) is 176 Å². The van der Waals surface area contributed by atoms with E-state index in [0.717, 1.165) is 14.2 Å². The molecular weight excluding hydrogens is 380 g/mol. The number of carbonyl (C=O) groups is 4. The van der Waals surface area contributed by atoms with Crippen molar-refractivity contribution in [3.05, 3.63) is 22.7 Å². The SMILES string of the molecule is CCOC(=O)/C(ON)=C(/CC/C(C(=O)OC)=C(\ON)C(=O)OCC)C(=O)OC. The molecule has 0 unspecified atom stereocenters. The van der Waals surface area contributed by atoms with Gasteiger partial charge in [0.25, 0.3) is 0 Å². The molecule has 12 nitrogen and oxygen atoms in total. The summed E-state index contributed by atoms with van der Waals surface area (Å²) in [5, 5.41) is 0. The molecule has 0 aromatic carbocycles. The summed E-state index contributed by atoms with van der Waals surface area (Å²) in [7, 11) is 2.12. The van der Waals surface area contributed by atoms with E-state index in [9.17, 15) is 19.2 Å². The number of methoxy groups -OCH3 is 2. The second-order valence-corrected chi connectivity index (χ2v) is 4.78. The first-order valence-corrected chi connectivity index (χ1v) is 8.03. The highest BCUT2D eigenvalue weighted by Crippen LogP contribution is 2.22. The van der Waals surface area contributed by atoms with Crippen molar-refractivity contribution in [2.24, 2.45) is 11.8 Å². The van der Waals surface area contributed by atoms with Gasteiger partial charge in [0.15, 0.2) is 0 Å². The summed E-state index contributed by atoms with van der Waals surface area (Å²) in [6, 6.07) is 0. The molecule has 0 spiro atoms. The Bertz CT molecular complexity index is 598. The monoisotopic (exact) mass is 404 g/mol. The van der Waals surface area contributed by atoms with Gasteiger partial charge in [-0.25, -0.2) is 19.2 Å². The van der Waals surface area contributed by atoms with Crippen LogP contribution in [0.1, 0.15) is 26.7 Å². The predicted molar refractivity (Wildman–Crippen MR) is 91.1 cm³/mol. The number of nitrogens with two attached hydrogens (primary N) is 2. The van der Waals surface area contributed by atoms with Gasteiger partial charge in [-0.1, -0.05) is 0 Å². The summed E-state index contributed by atoms with van der Waals surface area (Å²) >= 11 is 0. The summed E-state index contributed by atoms with van der Waals surface area (Å²) in [5.41, 5.74) is -0.685. The fourth-order valence-electron chi connectivity index (χ4n) is 1.99. The van der Waals surface area contributed by atoms with E-state index in [-0.39, 0.29) is 37.2 Å². The zero-order valence-corrected chi connectivity index (χ0v) is 16.1. The molecule has 0 saturated carbocycles. The quantitative estimate of drug-likeness (QED) is 0.149. The van der Waals surface area contributed by atoms with Gasteiger partial charge in [0.1, 0.15) is 0 Å². The number of hydrogen-bond acceptors (Lipinski definition) is 12. The minimum atomic E-state index is -1.02. The van der Waals surface area contributed by atoms with E-state index in [4.69, 9.17) is 21.3 Å². The van der Waals surface area contributed by atoms with Gasteiger partial charge in [-0.15, -0.1) is 0 Å². The molecule has 0 fully saturated rings. The first-order chi connectivity index (χ1) is 13.3. The summed E-state index contributed by atoms with van der Waals surface area (Å²) in [5.74, 6) is 4.93. The van der Waals surface area contributed by atoms with Crippen molar-refractivity contribution in [1.29, 1.82) is 0 Å². The normalized spacial score (nSPS) is 12.1. The first kappa shape index (κ1) is 24.9. The Morgan fingerprint density at radius 1 is 0.643 bits per heavy atom. The van der Waals surface area contributed by atoms with Gasteiger partial charge in [0, 0.05) is 0 Å². The number of hydrogen-bond donors (Lipinski definition) is 2. The van der Waals surface area contributed by atoms with Crippen LogP contribution in [0, 0.1) is 0 Å². The van der Waals surface area contributed by atoms with Crippen LogP contribution in [0.5, 0.6) is 0 Å². The van der Waals surface area contributed by atoms with E-state index in [1.165, 1.54) is 13.8 Å². The van der Waals surface area contributed by atoms with E-state index in [0.29, 0.717) is 0 Å². The summed E-state index contributed by atoms with van der Waals surface area (Å²) < 4.78 is 18.7. The minimum absolute atomic E-state index is 0.0124. The third-order valence-corrected chi connectivity index (χ3v) is 3.19. The Labute approximate surface area is 161 Å². The van der Waals surface area contributed by atoms with Crippen LogP contribution in [0.15, 0.2) is 22.7 Å². The number of rotatable bonds is 11. The highest BCUT2D eigenvalue weighted by Gasteiger charge is 2.29. The molecule has 0 aliphatic heterocycles. The molecule has 0 atom stereocenters. The van der Waals surface area contributed by atoms with Crippen LogP contribution >= 0.6 is 0 Å². The maximum Gasteiger partial charge on any atom is 0.376 e. The molecule has 28 heavy (non-hydrogen) atoms. The average molecular weight is 404 g/mol. The number of esters is 4. The first-order valence-electron chi connectivity index (χ1n) is 8.03. The van der Waals surface area contributed by atoms with Crippen LogP contribution < -0.4 is 11.8 Å². The standard InChI is InChI=1S/C16H24N2O10/c1-5-25-15(21)11(27-17)9(13(19)23-3)7-8-10(14(20)24-4)12(28-18)16(22)26-6-2/h5-8,17-18H2,1-4H3/b11-9+,12-10+. The highest BCUT2D eigenvalue weighted by atomic mass is 16.7. The smallest absolute Gasteiger partial charge is 0.376 e. The van der Waals surface area contributed by atoms with E-state index in [1.54, 1.807) is 0 Å². The Kier molecular flexibility index (Phi) is 11.6. The maximum atomic E-state index is 12.0. The van der Waals surface area contributed by atoms with Crippen LogP contribution in [-0.4, -0.2) is 51.3 Å². The van der Waals surface area contributed by atoms with Gasteiger partial charge in [0.05, 0.1) is 38.6 Å². The van der Waals surface area contributed by atoms with E-state index < -0.39 is 35.4 Å². The molecule has 4 N–H and O–H groups in total. The lowest BCUT2D eigenvalue weighted by Crippen LogP contribution is -2.22. The van der Waals surface area contributed by atoms with Gasteiger partial charge < -0.3 is 28.6 Å². The summed E-state index contributed by atoms with van der Waals surface area (Å²) in [6.45, 7) is 3.04. The Morgan fingerprint density at radius 2 is 0.964 bits per heavy atom. The van der Waals surface area contributed by atoms with Crippen molar-refractivity contribution in [3.8, 4) is 0 Å². The largest absolute Gasteiger partial charge is 0.466 e. The van der Waals surface area contributed by atoms with Crippen molar-refractivity contribution in [2.75, 3.05) is 27.4 Å². The highest BCUT2D eigenvalue weighted by molar-refractivity contribution is 6.00. The second kappa shape index (κ2) is 13.1. The lowest BCUT2D eigenvalue weighted by atomic mass is 10.0. The Hall–Kier alpha value is -3.12.